The van der Waals surface area contributed by atoms with E-state index in [0.717, 1.165) is 0 Å². The van der Waals surface area contributed by atoms with Gasteiger partial charge in [-0.1, -0.05) is 41.5 Å². The maximum absolute atomic E-state index is 8.70. The van der Waals surface area contributed by atoms with E-state index in [4.69, 9.17) is 14.4 Å². The smallest absolute Gasteiger partial charge is 0.304 e. The van der Waals surface area contributed by atoms with Crippen LogP contribution in [0.3, 0.4) is 0 Å². The van der Waals surface area contributed by atoms with E-state index in [1.54, 1.807) is 0 Å². The van der Waals surface area contributed by atoms with Gasteiger partial charge in [0.1, 0.15) is 0 Å². The van der Waals surface area contributed by atoms with Gasteiger partial charge >= 0.3 is 8.25 Å². The third kappa shape index (κ3) is 25.0. The first-order chi connectivity index (χ1) is 8.42. The third-order valence-electron chi connectivity index (χ3n) is 2.68. The van der Waals surface area contributed by atoms with Crippen LogP contribution in [0, 0.1) is 0 Å². The Morgan fingerprint density at radius 1 is 0.667 bits per heavy atom. The monoisotopic (exact) mass is 283 g/mol. The summed E-state index contributed by atoms with van der Waals surface area (Å²) < 4.78 is 8.70. The Morgan fingerprint density at radius 3 is 0.778 bits per heavy atom. The molecular weight excluding hydrogens is 251 g/mol. The minimum Gasteiger partial charge on any atom is -0.304 e. The average molecular weight is 283 g/mol. The first-order valence-corrected chi connectivity index (χ1v) is 7.89. The zero-order chi connectivity index (χ0) is 15.0. The maximum Gasteiger partial charge on any atom is 0.692 e. The van der Waals surface area contributed by atoms with Gasteiger partial charge in [-0.15, -0.1) is 9.79 Å². The van der Waals surface area contributed by atoms with E-state index in [9.17, 15) is 0 Å². The van der Waals surface area contributed by atoms with Crippen molar-refractivity contribution in [3.63, 3.8) is 0 Å². The van der Waals surface area contributed by atoms with Gasteiger partial charge in [0.2, 0.25) is 0 Å². The van der Waals surface area contributed by atoms with Crippen molar-refractivity contribution in [1.29, 1.82) is 0 Å². The number of rotatable bonds is 6. The van der Waals surface area contributed by atoms with Gasteiger partial charge in [-0.25, -0.2) is 0 Å². The molecule has 2 N–H and O–H groups in total. The summed E-state index contributed by atoms with van der Waals surface area (Å²) in [6, 6.07) is 0. The molecule has 112 valence electrons. The van der Waals surface area contributed by atoms with Crippen LogP contribution >= 0.6 is 8.25 Å². The van der Waals surface area contributed by atoms with Crippen LogP contribution in [0.2, 0.25) is 0 Å². The molecule has 0 aliphatic rings. The minimum atomic E-state index is -2.87. The number of nitrogens with zero attached hydrogens (tertiary/aromatic N) is 2. The lowest BCUT2D eigenvalue weighted by Crippen LogP contribution is -2.21. The standard InChI is InChI=1S/2C6H15N.HO3P/c2*1-4-7(5-2)6-3;1-4(2)3/h2*4-6H2,1-3H3;(H-,1,2,3)/p+1. The van der Waals surface area contributed by atoms with Gasteiger partial charge in [0, 0.05) is 4.57 Å². The van der Waals surface area contributed by atoms with Gasteiger partial charge in [-0.2, -0.15) is 0 Å². The lowest BCUT2D eigenvalue weighted by atomic mass is 10.5. The second-order valence-electron chi connectivity index (χ2n) is 3.49. The molecule has 0 saturated heterocycles. The molecule has 0 atom stereocenters. The van der Waals surface area contributed by atoms with Crippen LogP contribution in [0.15, 0.2) is 0 Å². The van der Waals surface area contributed by atoms with E-state index in [2.05, 4.69) is 51.3 Å². The van der Waals surface area contributed by atoms with Crippen molar-refractivity contribution >= 4 is 8.25 Å². The Balaban J connectivity index is -0.000000196. The summed E-state index contributed by atoms with van der Waals surface area (Å²) in [7, 11) is -2.87. The highest BCUT2D eigenvalue weighted by Crippen LogP contribution is 1.98. The minimum absolute atomic E-state index is 1.19. The van der Waals surface area contributed by atoms with Gasteiger partial charge in [0.25, 0.3) is 0 Å². The van der Waals surface area contributed by atoms with Gasteiger partial charge in [0.15, 0.2) is 0 Å². The summed E-state index contributed by atoms with van der Waals surface area (Å²) in [5.41, 5.74) is 0. The largest absolute Gasteiger partial charge is 0.692 e. The molecule has 0 saturated carbocycles. The Hall–Kier alpha value is -0.0600. The van der Waals surface area contributed by atoms with E-state index in [1.807, 2.05) is 0 Å². The molecule has 0 aromatic heterocycles. The van der Waals surface area contributed by atoms with Crippen LogP contribution in [0.1, 0.15) is 41.5 Å². The van der Waals surface area contributed by atoms with Gasteiger partial charge in [-0.05, 0) is 39.3 Å². The molecular formula is C12H32N2O3P+. The van der Waals surface area contributed by atoms with Crippen LogP contribution in [-0.4, -0.2) is 58.9 Å². The first-order valence-electron chi connectivity index (χ1n) is 6.72. The van der Waals surface area contributed by atoms with Crippen molar-refractivity contribution in [2.75, 3.05) is 39.3 Å². The summed E-state index contributed by atoms with van der Waals surface area (Å²) in [6.45, 7) is 20.2. The first kappa shape index (κ1) is 23.1. The maximum atomic E-state index is 8.70. The highest BCUT2D eigenvalue weighted by molar-refractivity contribution is 7.30. The SMILES string of the molecule is CCN(CC)CC.CCN(CC)CC.O=[P+](O)O. The molecule has 0 fully saturated rings. The molecule has 0 amide bonds. The van der Waals surface area contributed by atoms with Gasteiger partial charge < -0.3 is 9.80 Å². The summed E-state index contributed by atoms with van der Waals surface area (Å²) >= 11 is 0. The fourth-order valence-corrected chi connectivity index (χ4v) is 1.34. The third-order valence-corrected chi connectivity index (χ3v) is 2.68. The highest BCUT2D eigenvalue weighted by atomic mass is 31.1. The zero-order valence-electron chi connectivity index (χ0n) is 12.9. The van der Waals surface area contributed by atoms with Gasteiger partial charge in [-0.3, -0.25) is 0 Å². The van der Waals surface area contributed by atoms with Crippen LogP contribution in [0.5, 0.6) is 0 Å². The Labute approximate surface area is 114 Å². The molecule has 0 aliphatic heterocycles. The number of hydrogen-bond donors (Lipinski definition) is 2. The normalized spacial score (nSPS) is 9.44. The zero-order valence-corrected chi connectivity index (χ0v) is 13.8. The van der Waals surface area contributed by atoms with Crippen molar-refractivity contribution in [3.8, 4) is 0 Å². The molecule has 0 rings (SSSR count). The van der Waals surface area contributed by atoms with E-state index in [1.165, 1.54) is 39.3 Å². The molecule has 0 radical (unpaired) electrons. The van der Waals surface area contributed by atoms with Crippen LogP contribution < -0.4 is 0 Å². The predicted octanol–water partition coefficient (Wildman–Crippen LogP) is 2.32. The molecule has 0 aromatic rings. The molecule has 6 heteroatoms. The summed E-state index contributed by atoms with van der Waals surface area (Å²) in [5.74, 6) is 0. The van der Waals surface area contributed by atoms with Crippen molar-refractivity contribution in [2.45, 2.75) is 41.5 Å². The molecule has 0 bridgehead atoms. The van der Waals surface area contributed by atoms with Crippen LogP contribution in [-0.2, 0) is 4.57 Å². The molecule has 18 heavy (non-hydrogen) atoms. The van der Waals surface area contributed by atoms with E-state index in [-0.39, 0.29) is 0 Å². The van der Waals surface area contributed by atoms with E-state index < -0.39 is 8.25 Å². The average Bonchev–Trinajstić information content (AvgIpc) is 2.34. The molecule has 0 spiro atoms. The Morgan fingerprint density at radius 2 is 0.778 bits per heavy atom. The van der Waals surface area contributed by atoms with E-state index in [0.29, 0.717) is 0 Å². The number of hydrogen-bond acceptors (Lipinski definition) is 3. The topological polar surface area (TPSA) is 64.0 Å². The van der Waals surface area contributed by atoms with Crippen molar-refractivity contribution in [3.05, 3.63) is 0 Å². The highest BCUT2D eigenvalue weighted by Gasteiger charge is 1.93. The molecule has 0 aliphatic carbocycles. The lowest BCUT2D eigenvalue weighted by Gasteiger charge is -2.13. The predicted molar refractivity (Wildman–Crippen MR) is 79.0 cm³/mol. The Bertz CT molecular complexity index is 136. The quantitative estimate of drug-likeness (QED) is 0.732. The van der Waals surface area contributed by atoms with Crippen molar-refractivity contribution < 1.29 is 14.4 Å². The van der Waals surface area contributed by atoms with Gasteiger partial charge in [0.05, 0.1) is 0 Å². The Kier molecular flexibility index (Phi) is 24.7. The fraction of sp³-hybridized carbons (Fsp3) is 1.00. The fourth-order valence-electron chi connectivity index (χ4n) is 1.34. The molecule has 0 heterocycles. The van der Waals surface area contributed by atoms with Crippen LogP contribution in [0.4, 0.5) is 0 Å². The molecule has 0 aromatic carbocycles. The second kappa shape index (κ2) is 19.3. The summed E-state index contributed by atoms with van der Waals surface area (Å²) in [5, 5.41) is 0. The summed E-state index contributed by atoms with van der Waals surface area (Å²) in [6.07, 6.45) is 0. The lowest BCUT2D eigenvalue weighted by molar-refractivity contribution is 0.321. The summed E-state index contributed by atoms with van der Waals surface area (Å²) in [4.78, 5) is 19.0. The van der Waals surface area contributed by atoms with Crippen molar-refractivity contribution in [1.82, 2.24) is 9.80 Å². The van der Waals surface area contributed by atoms with E-state index >= 15 is 0 Å². The molecule has 5 nitrogen and oxygen atoms in total. The molecule has 0 unspecified atom stereocenters. The van der Waals surface area contributed by atoms with Crippen molar-refractivity contribution in [2.24, 2.45) is 0 Å². The second-order valence-corrected chi connectivity index (χ2v) is 4.00. The van der Waals surface area contributed by atoms with Crippen LogP contribution in [0.25, 0.3) is 0 Å².